The highest BCUT2D eigenvalue weighted by atomic mass is 28.3. The fraction of sp³-hybridized carbons (Fsp3) is 0.395. The van der Waals surface area contributed by atoms with Gasteiger partial charge in [-0.2, -0.15) is 0 Å². The molecule has 2 heterocycles. The summed E-state index contributed by atoms with van der Waals surface area (Å²) >= 11 is 0. The van der Waals surface area contributed by atoms with Crippen LogP contribution in [0.3, 0.4) is 0 Å². The first-order valence-electron chi connectivity index (χ1n) is 15.2. The van der Waals surface area contributed by atoms with Crippen LogP contribution in [0.4, 0.5) is 0 Å². The fourth-order valence-electron chi connectivity index (χ4n) is 6.78. The second-order valence-electron chi connectivity index (χ2n) is 15.9. The van der Waals surface area contributed by atoms with Gasteiger partial charge < -0.3 is 4.74 Å². The lowest BCUT2D eigenvalue weighted by Crippen LogP contribution is -2.37. The second-order valence-corrected chi connectivity index (χ2v) is 21.0. The molecular formula is C38H46NOSi+. The predicted molar refractivity (Wildman–Crippen MR) is 180 cm³/mol. The van der Waals surface area contributed by atoms with E-state index in [9.17, 15) is 0 Å². The highest BCUT2D eigenvalue weighted by Crippen LogP contribution is 2.52. The predicted octanol–water partition coefficient (Wildman–Crippen LogP) is 9.77. The van der Waals surface area contributed by atoms with E-state index in [2.05, 4.69) is 134 Å². The van der Waals surface area contributed by atoms with Crippen LogP contribution in [0.15, 0.2) is 54.7 Å². The van der Waals surface area contributed by atoms with E-state index in [0.29, 0.717) is 0 Å². The average Bonchev–Trinajstić information content (AvgIpc) is 2.85. The van der Waals surface area contributed by atoms with E-state index in [1.54, 1.807) is 0 Å². The highest BCUT2D eigenvalue weighted by molar-refractivity contribution is 6.88. The zero-order chi connectivity index (χ0) is 29.6. The summed E-state index contributed by atoms with van der Waals surface area (Å²) in [6, 6.07) is 18.8. The minimum atomic E-state index is -1.49. The Bertz CT molecular complexity index is 1880. The molecule has 1 aliphatic heterocycles. The number of fused-ring (bicyclic) bond motifs is 5. The van der Waals surface area contributed by atoms with E-state index in [1.165, 1.54) is 65.5 Å². The summed E-state index contributed by atoms with van der Waals surface area (Å²) < 4.78 is 9.43. The number of aryl methyl sites for hydroxylation is 2. The largest absolute Gasteiger partial charge is 0.455 e. The third-order valence-corrected chi connectivity index (χ3v) is 10.7. The molecule has 4 aromatic carbocycles. The molecule has 3 heteroatoms. The van der Waals surface area contributed by atoms with Gasteiger partial charge >= 0.3 is 0 Å². The van der Waals surface area contributed by atoms with E-state index >= 15 is 0 Å². The lowest BCUT2D eigenvalue weighted by Gasteiger charge is -2.29. The summed E-state index contributed by atoms with van der Waals surface area (Å²) in [7, 11) is 0.703. The van der Waals surface area contributed by atoms with Crippen molar-refractivity contribution in [3.05, 3.63) is 71.4 Å². The zero-order valence-electron chi connectivity index (χ0n) is 27.0. The Labute approximate surface area is 247 Å². The van der Waals surface area contributed by atoms with Crippen molar-refractivity contribution in [2.45, 2.75) is 80.9 Å². The van der Waals surface area contributed by atoms with Crippen LogP contribution in [0.2, 0.25) is 19.6 Å². The summed E-state index contributed by atoms with van der Waals surface area (Å²) in [4.78, 5) is 0. The molecular weight excluding hydrogens is 515 g/mol. The first-order chi connectivity index (χ1) is 19.0. The van der Waals surface area contributed by atoms with Crippen LogP contribution in [0.25, 0.3) is 43.6 Å². The summed E-state index contributed by atoms with van der Waals surface area (Å²) in [5.74, 6) is 2.03. The van der Waals surface area contributed by atoms with Crippen LogP contribution in [-0.2, 0) is 19.9 Å². The van der Waals surface area contributed by atoms with Gasteiger partial charge in [-0.15, -0.1) is 0 Å². The third-order valence-electron chi connectivity index (χ3n) is 8.65. The topological polar surface area (TPSA) is 13.1 Å². The monoisotopic (exact) mass is 560 g/mol. The highest BCUT2D eigenvalue weighted by Gasteiger charge is 2.35. The van der Waals surface area contributed by atoms with Crippen LogP contribution in [0.1, 0.15) is 58.2 Å². The van der Waals surface area contributed by atoms with Gasteiger partial charge in [0.1, 0.15) is 18.5 Å². The van der Waals surface area contributed by atoms with Crippen molar-refractivity contribution in [3.63, 3.8) is 0 Å². The van der Waals surface area contributed by atoms with Gasteiger partial charge in [0.15, 0.2) is 6.20 Å². The van der Waals surface area contributed by atoms with Gasteiger partial charge in [0.25, 0.3) is 0 Å². The molecule has 0 N–H and O–H groups in total. The fourth-order valence-corrected chi connectivity index (χ4v) is 7.94. The Morgan fingerprint density at radius 1 is 0.756 bits per heavy atom. The molecule has 0 saturated carbocycles. The van der Waals surface area contributed by atoms with E-state index < -0.39 is 8.07 Å². The lowest BCUT2D eigenvalue weighted by molar-refractivity contribution is -0.659. The van der Waals surface area contributed by atoms with Gasteiger partial charge in [-0.3, -0.25) is 0 Å². The number of ether oxygens (including phenoxy) is 1. The molecule has 0 aliphatic carbocycles. The Hall–Kier alpha value is -3.17. The summed E-state index contributed by atoms with van der Waals surface area (Å²) in [6.07, 6.45) is 4.26. The second kappa shape index (κ2) is 9.16. The van der Waals surface area contributed by atoms with Gasteiger partial charge in [-0.25, -0.2) is 4.57 Å². The van der Waals surface area contributed by atoms with Gasteiger partial charge in [-0.05, 0) is 69.3 Å². The van der Waals surface area contributed by atoms with Crippen LogP contribution in [-0.4, -0.2) is 8.07 Å². The van der Waals surface area contributed by atoms with Crippen LogP contribution in [0.5, 0.6) is 11.5 Å². The minimum Gasteiger partial charge on any atom is -0.455 e. The van der Waals surface area contributed by atoms with Gasteiger partial charge in [0.05, 0.1) is 19.0 Å². The molecule has 5 aromatic rings. The molecule has 0 fully saturated rings. The minimum absolute atomic E-state index is 0.121. The Morgan fingerprint density at radius 3 is 2.12 bits per heavy atom. The van der Waals surface area contributed by atoms with E-state index in [0.717, 1.165) is 24.3 Å². The summed E-state index contributed by atoms with van der Waals surface area (Å²) in [5, 5.41) is 9.27. The molecule has 212 valence electrons. The average molecular weight is 561 g/mol. The summed E-state index contributed by atoms with van der Waals surface area (Å²) in [5.41, 5.74) is 6.93. The van der Waals surface area contributed by atoms with Crippen molar-refractivity contribution < 1.29 is 9.30 Å². The van der Waals surface area contributed by atoms with Crippen molar-refractivity contribution in [3.8, 4) is 22.8 Å². The SMILES string of the molecule is Cc1c2c(c(CC(C)(C)C)c3cc([Si](C)(C)C)ccc13)Oc1cc3ccc(CC(C)(C)C)cc3c3cc[n+](C)c-2c13. The standard InChI is InChI=1S/C38H46NOSi/c1-23-27-15-14-26(41(9,10)11)20-30(27)31(22-38(5,6)7)36-33(23)35-34-28(16-17-39(35)8)29-18-24(21-37(2,3)4)12-13-25(29)19-32(34)40-36/h12-20H,21-22H2,1-11H3/q+1. The smallest absolute Gasteiger partial charge is 0.228 e. The molecule has 0 bridgehead atoms. The molecule has 1 aromatic heterocycles. The van der Waals surface area contributed by atoms with E-state index in [4.69, 9.17) is 4.74 Å². The number of benzene rings is 4. The maximum Gasteiger partial charge on any atom is 0.228 e. The summed E-state index contributed by atoms with van der Waals surface area (Å²) in [6.45, 7) is 23.6. The Kier molecular flexibility index (Phi) is 6.25. The Morgan fingerprint density at radius 2 is 1.46 bits per heavy atom. The molecule has 0 radical (unpaired) electrons. The van der Waals surface area contributed by atoms with Crippen molar-refractivity contribution in [2.75, 3.05) is 0 Å². The van der Waals surface area contributed by atoms with E-state index in [-0.39, 0.29) is 10.8 Å². The lowest BCUT2D eigenvalue weighted by atomic mass is 9.81. The number of aromatic nitrogens is 1. The van der Waals surface area contributed by atoms with E-state index in [1.807, 2.05) is 0 Å². The molecule has 0 amide bonds. The van der Waals surface area contributed by atoms with Crippen molar-refractivity contribution in [2.24, 2.45) is 17.9 Å². The third kappa shape index (κ3) is 4.86. The number of nitrogens with zero attached hydrogens (tertiary/aromatic N) is 1. The maximum absolute atomic E-state index is 7.11. The molecule has 1 aliphatic rings. The molecule has 0 atom stereocenters. The number of pyridine rings is 1. The van der Waals surface area contributed by atoms with Crippen molar-refractivity contribution in [1.29, 1.82) is 0 Å². The number of hydrogen-bond acceptors (Lipinski definition) is 1. The number of rotatable bonds is 3. The van der Waals surface area contributed by atoms with Crippen molar-refractivity contribution in [1.82, 2.24) is 0 Å². The van der Waals surface area contributed by atoms with Crippen molar-refractivity contribution >= 4 is 45.6 Å². The molecule has 0 unspecified atom stereocenters. The quantitative estimate of drug-likeness (QED) is 0.119. The first kappa shape index (κ1) is 28.0. The normalized spacial score (nSPS) is 13.6. The van der Waals surface area contributed by atoms with Crippen LogP contribution >= 0.6 is 0 Å². The first-order valence-corrected chi connectivity index (χ1v) is 18.7. The van der Waals surface area contributed by atoms with Gasteiger partial charge in [-0.1, -0.05) is 103 Å². The zero-order valence-corrected chi connectivity index (χ0v) is 28.0. The Balaban J connectivity index is 1.72. The van der Waals surface area contributed by atoms with Crippen LogP contribution < -0.4 is 14.5 Å². The molecule has 0 spiro atoms. The molecule has 2 nitrogen and oxygen atoms in total. The molecule has 0 saturated heterocycles. The van der Waals surface area contributed by atoms with Gasteiger partial charge in [0.2, 0.25) is 5.69 Å². The molecule has 41 heavy (non-hydrogen) atoms. The molecule has 6 rings (SSSR count). The number of hydrogen-bond donors (Lipinski definition) is 0. The van der Waals surface area contributed by atoms with Crippen LogP contribution in [0, 0.1) is 17.8 Å². The van der Waals surface area contributed by atoms with Gasteiger partial charge in [0, 0.05) is 17.0 Å². The maximum atomic E-state index is 7.11.